The average Bonchev–Trinajstić information content (AvgIpc) is 2.34. The van der Waals surface area contributed by atoms with Crippen molar-refractivity contribution < 1.29 is 4.39 Å². The van der Waals surface area contributed by atoms with Crippen molar-refractivity contribution in [1.29, 1.82) is 0 Å². The summed E-state index contributed by atoms with van der Waals surface area (Å²) in [5, 5.41) is 3.16. The molecule has 1 heterocycles. The number of hydrogen-bond acceptors (Lipinski definition) is 3. The standard InChI is InChI=1S/C14H16FN3/c1-9-6-7-18-14(16)12(9)13(17-2)10-4-3-5-11(15)8-10/h3-8,13,17H,1-2H3,(H2,16,18). The molecule has 3 N–H and O–H groups in total. The molecule has 0 radical (unpaired) electrons. The van der Waals surface area contributed by atoms with Crippen LogP contribution in [0.5, 0.6) is 0 Å². The van der Waals surface area contributed by atoms with E-state index in [1.165, 1.54) is 12.1 Å². The lowest BCUT2D eigenvalue weighted by Crippen LogP contribution is -2.20. The summed E-state index contributed by atoms with van der Waals surface area (Å²) in [6, 6.07) is 8.24. The van der Waals surface area contributed by atoms with E-state index in [0.717, 1.165) is 16.7 Å². The van der Waals surface area contributed by atoms with Gasteiger partial charge in [-0.05, 0) is 43.3 Å². The maximum Gasteiger partial charge on any atom is 0.128 e. The number of benzene rings is 1. The van der Waals surface area contributed by atoms with Gasteiger partial charge in [-0.25, -0.2) is 9.37 Å². The summed E-state index contributed by atoms with van der Waals surface area (Å²) in [4.78, 5) is 4.10. The fraction of sp³-hybridized carbons (Fsp3) is 0.214. The second-order valence-electron chi connectivity index (χ2n) is 4.20. The van der Waals surface area contributed by atoms with Gasteiger partial charge in [0, 0.05) is 11.8 Å². The summed E-state index contributed by atoms with van der Waals surface area (Å²) < 4.78 is 13.3. The van der Waals surface area contributed by atoms with Crippen molar-refractivity contribution in [3.63, 3.8) is 0 Å². The maximum absolute atomic E-state index is 13.3. The Labute approximate surface area is 106 Å². The number of hydrogen-bond donors (Lipinski definition) is 2. The van der Waals surface area contributed by atoms with Gasteiger partial charge in [-0.3, -0.25) is 0 Å². The Bertz CT molecular complexity index is 534. The van der Waals surface area contributed by atoms with Crippen LogP contribution in [0.1, 0.15) is 22.7 Å². The topological polar surface area (TPSA) is 50.9 Å². The van der Waals surface area contributed by atoms with Crippen molar-refractivity contribution in [3.05, 3.63) is 59.0 Å². The number of aryl methyl sites for hydroxylation is 1. The highest BCUT2D eigenvalue weighted by Crippen LogP contribution is 2.28. The number of aromatic nitrogens is 1. The molecule has 1 atom stereocenters. The Morgan fingerprint density at radius 1 is 1.33 bits per heavy atom. The van der Waals surface area contributed by atoms with E-state index >= 15 is 0 Å². The van der Waals surface area contributed by atoms with Gasteiger partial charge in [0.1, 0.15) is 11.6 Å². The second-order valence-corrected chi connectivity index (χ2v) is 4.20. The van der Waals surface area contributed by atoms with Gasteiger partial charge in [0.15, 0.2) is 0 Å². The summed E-state index contributed by atoms with van der Waals surface area (Å²) in [6.07, 6.45) is 1.67. The van der Waals surface area contributed by atoms with Gasteiger partial charge in [0.2, 0.25) is 0 Å². The molecule has 0 aliphatic heterocycles. The summed E-state index contributed by atoms with van der Waals surface area (Å²) in [5.41, 5.74) is 8.69. The Hall–Kier alpha value is -1.94. The molecule has 0 saturated heterocycles. The molecule has 0 amide bonds. The van der Waals surface area contributed by atoms with E-state index in [0.29, 0.717) is 5.82 Å². The van der Waals surface area contributed by atoms with Gasteiger partial charge < -0.3 is 11.1 Å². The molecule has 1 aromatic heterocycles. The molecule has 1 aromatic carbocycles. The number of nitrogens with zero attached hydrogens (tertiary/aromatic N) is 1. The van der Waals surface area contributed by atoms with E-state index in [1.807, 2.05) is 26.1 Å². The SMILES string of the molecule is CNC(c1cccc(F)c1)c1c(C)ccnc1N. The molecule has 2 rings (SSSR count). The molecule has 1 unspecified atom stereocenters. The second kappa shape index (κ2) is 5.14. The van der Waals surface area contributed by atoms with Crippen LogP contribution < -0.4 is 11.1 Å². The molecule has 18 heavy (non-hydrogen) atoms. The van der Waals surface area contributed by atoms with Crippen LogP contribution in [0.4, 0.5) is 10.2 Å². The number of nitrogen functional groups attached to an aromatic ring is 1. The third-order valence-corrected chi connectivity index (χ3v) is 3.00. The quantitative estimate of drug-likeness (QED) is 0.873. The molecule has 3 nitrogen and oxygen atoms in total. The van der Waals surface area contributed by atoms with Crippen LogP contribution in [0, 0.1) is 12.7 Å². The van der Waals surface area contributed by atoms with Crippen LogP contribution in [-0.2, 0) is 0 Å². The van der Waals surface area contributed by atoms with Crippen LogP contribution in [-0.4, -0.2) is 12.0 Å². The number of nitrogens with two attached hydrogens (primary N) is 1. The first kappa shape index (κ1) is 12.5. The first-order chi connectivity index (χ1) is 8.63. The molecule has 2 aromatic rings. The van der Waals surface area contributed by atoms with Crippen molar-refractivity contribution in [2.24, 2.45) is 0 Å². The zero-order valence-corrected chi connectivity index (χ0v) is 10.4. The van der Waals surface area contributed by atoms with E-state index in [-0.39, 0.29) is 11.9 Å². The summed E-state index contributed by atoms with van der Waals surface area (Å²) in [7, 11) is 1.82. The molecule has 94 valence electrons. The molecule has 0 fully saturated rings. The monoisotopic (exact) mass is 245 g/mol. The first-order valence-corrected chi connectivity index (χ1v) is 5.77. The minimum Gasteiger partial charge on any atom is -0.383 e. The van der Waals surface area contributed by atoms with Gasteiger partial charge in [0.25, 0.3) is 0 Å². The first-order valence-electron chi connectivity index (χ1n) is 5.77. The molecule has 0 aliphatic rings. The van der Waals surface area contributed by atoms with Gasteiger partial charge in [-0.15, -0.1) is 0 Å². The predicted octanol–water partition coefficient (Wildman–Crippen LogP) is 2.42. The highest BCUT2D eigenvalue weighted by Gasteiger charge is 2.18. The van der Waals surface area contributed by atoms with E-state index < -0.39 is 0 Å². The van der Waals surface area contributed by atoms with Crippen molar-refractivity contribution >= 4 is 5.82 Å². The van der Waals surface area contributed by atoms with Crippen molar-refractivity contribution in [2.45, 2.75) is 13.0 Å². The van der Waals surface area contributed by atoms with E-state index in [4.69, 9.17) is 5.73 Å². The van der Waals surface area contributed by atoms with E-state index in [9.17, 15) is 4.39 Å². The Kier molecular flexibility index (Phi) is 3.58. The maximum atomic E-state index is 13.3. The predicted molar refractivity (Wildman–Crippen MR) is 70.7 cm³/mol. The van der Waals surface area contributed by atoms with Gasteiger partial charge >= 0.3 is 0 Å². The molecule has 4 heteroatoms. The van der Waals surface area contributed by atoms with E-state index in [1.54, 1.807) is 12.3 Å². The Morgan fingerprint density at radius 3 is 2.72 bits per heavy atom. The average molecular weight is 245 g/mol. The van der Waals surface area contributed by atoms with Crippen LogP contribution >= 0.6 is 0 Å². The van der Waals surface area contributed by atoms with Gasteiger partial charge in [0.05, 0.1) is 6.04 Å². The zero-order chi connectivity index (χ0) is 13.1. The number of nitrogens with one attached hydrogen (secondary N) is 1. The van der Waals surface area contributed by atoms with Crippen LogP contribution in [0.25, 0.3) is 0 Å². The third-order valence-electron chi connectivity index (χ3n) is 3.00. The lowest BCUT2D eigenvalue weighted by atomic mass is 9.96. The molecule has 0 bridgehead atoms. The van der Waals surface area contributed by atoms with Crippen molar-refractivity contribution in [3.8, 4) is 0 Å². The zero-order valence-electron chi connectivity index (χ0n) is 10.4. The van der Waals surface area contributed by atoms with Crippen LogP contribution in [0.15, 0.2) is 36.5 Å². The Morgan fingerprint density at radius 2 is 2.11 bits per heavy atom. The summed E-state index contributed by atoms with van der Waals surface area (Å²) >= 11 is 0. The third kappa shape index (κ3) is 2.33. The lowest BCUT2D eigenvalue weighted by Gasteiger charge is -2.20. The highest BCUT2D eigenvalue weighted by molar-refractivity contribution is 5.49. The van der Waals surface area contributed by atoms with Crippen LogP contribution in [0.3, 0.4) is 0 Å². The van der Waals surface area contributed by atoms with Gasteiger partial charge in [-0.2, -0.15) is 0 Å². The normalized spacial score (nSPS) is 12.4. The van der Waals surface area contributed by atoms with Crippen molar-refractivity contribution in [1.82, 2.24) is 10.3 Å². The highest BCUT2D eigenvalue weighted by atomic mass is 19.1. The fourth-order valence-corrected chi connectivity index (χ4v) is 2.13. The summed E-state index contributed by atoms with van der Waals surface area (Å²) in [5.74, 6) is 0.214. The molecular weight excluding hydrogens is 229 g/mol. The van der Waals surface area contributed by atoms with Crippen LogP contribution in [0.2, 0.25) is 0 Å². The molecule has 0 spiro atoms. The number of anilines is 1. The minimum absolute atomic E-state index is 0.158. The lowest BCUT2D eigenvalue weighted by molar-refractivity contribution is 0.616. The largest absolute Gasteiger partial charge is 0.383 e. The molecule has 0 aliphatic carbocycles. The van der Waals surface area contributed by atoms with Crippen molar-refractivity contribution in [2.75, 3.05) is 12.8 Å². The fourth-order valence-electron chi connectivity index (χ4n) is 2.13. The number of halogens is 1. The summed E-state index contributed by atoms with van der Waals surface area (Å²) in [6.45, 7) is 1.97. The Balaban J connectivity index is 2.52. The number of rotatable bonds is 3. The number of pyridine rings is 1. The van der Waals surface area contributed by atoms with E-state index in [2.05, 4.69) is 10.3 Å². The van der Waals surface area contributed by atoms with Gasteiger partial charge in [-0.1, -0.05) is 12.1 Å². The smallest absolute Gasteiger partial charge is 0.128 e. The minimum atomic E-state index is -0.257. The molecular formula is C14H16FN3. The molecule has 0 saturated carbocycles.